The van der Waals surface area contributed by atoms with Crippen LogP contribution in [0.15, 0.2) is 30.5 Å². The van der Waals surface area contributed by atoms with Crippen molar-refractivity contribution in [3.05, 3.63) is 41.7 Å². The van der Waals surface area contributed by atoms with Gasteiger partial charge in [0.25, 0.3) is 0 Å². The standard InChI is InChI=1S/C19H26N4O3/c1-14(2)15-4-6-17(7-5-15)23-11-16(20-21-23)10-18-12-22(8-9-26-18)19(24)13-25-3/h4-7,11,14,18H,8-10,12-13H2,1-3H3. The second-order valence-corrected chi connectivity index (χ2v) is 6.87. The lowest BCUT2D eigenvalue weighted by atomic mass is 10.0. The summed E-state index contributed by atoms with van der Waals surface area (Å²) in [6.45, 7) is 6.15. The molecule has 1 fully saturated rings. The van der Waals surface area contributed by atoms with Gasteiger partial charge in [0, 0.05) is 26.6 Å². The monoisotopic (exact) mass is 358 g/mol. The molecule has 0 aliphatic carbocycles. The molecule has 1 saturated heterocycles. The lowest BCUT2D eigenvalue weighted by Crippen LogP contribution is -2.47. The average molecular weight is 358 g/mol. The molecule has 0 radical (unpaired) electrons. The number of hydrogen-bond donors (Lipinski definition) is 0. The molecule has 1 amide bonds. The zero-order valence-electron chi connectivity index (χ0n) is 15.6. The van der Waals surface area contributed by atoms with E-state index in [0.29, 0.717) is 32.0 Å². The molecule has 1 atom stereocenters. The molecule has 7 heteroatoms. The van der Waals surface area contributed by atoms with Crippen LogP contribution in [-0.4, -0.2) is 65.3 Å². The Morgan fingerprint density at radius 2 is 2.12 bits per heavy atom. The molecule has 1 aromatic heterocycles. The number of aromatic nitrogens is 3. The molecule has 1 unspecified atom stereocenters. The van der Waals surface area contributed by atoms with Crippen molar-refractivity contribution >= 4 is 5.91 Å². The summed E-state index contributed by atoms with van der Waals surface area (Å²) >= 11 is 0. The summed E-state index contributed by atoms with van der Waals surface area (Å²) in [4.78, 5) is 13.8. The Balaban J connectivity index is 1.62. The van der Waals surface area contributed by atoms with E-state index in [1.807, 2.05) is 6.20 Å². The van der Waals surface area contributed by atoms with Gasteiger partial charge >= 0.3 is 0 Å². The number of ether oxygens (including phenoxy) is 2. The van der Waals surface area contributed by atoms with Crippen LogP contribution in [0.25, 0.3) is 5.69 Å². The van der Waals surface area contributed by atoms with E-state index in [9.17, 15) is 4.79 Å². The smallest absolute Gasteiger partial charge is 0.248 e. The van der Waals surface area contributed by atoms with Crippen molar-refractivity contribution in [2.24, 2.45) is 0 Å². The molecule has 2 heterocycles. The van der Waals surface area contributed by atoms with Gasteiger partial charge in [0.2, 0.25) is 5.91 Å². The summed E-state index contributed by atoms with van der Waals surface area (Å²) in [7, 11) is 1.53. The maximum absolute atomic E-state index is 12.0. The number of hydrogen-bond acceptors (Lipinski definition) is 5. The van der Waals surface area contributed by atoms with E-state index in [2.05, 4.69) is 48.4 Å². The topological polar surface area (TPSA) is 69.5 Å². The van der Waals surface area contributed by atoms with E-state index in [-0.39, 0.29) is 18.6 Å². The van der Waals surface area contributed by atoms with Gasteiger partial charge in [-0.25, -0.2) is 4.68 Å². The zero-order chi connectivity index (χ0) is 18.5. The summed E-state index contributed by atoms with van der Waals surface area (Å²) in [5.74, 6) is 0.497. The molecule has 0 saturated carbocycles. The first-order valence-electron chi connectivity index (χ1n) is 8.96. The van der Waals surface area contributed by atoms with Gasteiger partial charge in [-0.3, -0.25) is 4.79 Å². The number of amides is 1. The van der Waals surface area contributed by atoms with E-state index in [1.165, 1.54) is 12.7 Å². The Morgan fingerprint density at radius 3 is 2.81 bits per heavy atom. The average Bonchev–Trinajstić information content (AvgIpc) is 3.10. The van der Waals surface area contributed by atoms with Crippen molar-refractivity contribution in [3.63, 3.8) is 0 Å². The highest BCUT2D eigenvalue weighted by molar-refractivity contribution is 5.77. The van der Waals surface area contributed by atoms with Gasteiger partial charge in [0.05, 0.1) is 30.3 Å². The number of rotatable bonds is 6. The molecule has 0 N–H and O–H groups in total. The quantitative estimate of drug-likeness (QED) is 0.788. The highest BCUT2D eigenvalue weighted by Crippen LogP contribution is 2.17. The third-order valence-corrected chi connectivity index (χ3v) is 4.56. The largest absolute Gasteiger partial charge is 0.375 e. The first-order chi connectivity index (χ1) is 12.6. The molecule has 26 heavy (non-hydrogen) atoms. The summed E-state index contributed by atoms with van der Waals surface area (Å²) < 4.78 is 12.5. The van der Waals surface area contributed by atoms with Gasteiger partial charge in [0.15, 0.2) is 0 Å². The third-order valence-electron chi connectivity index (χ3n) is 4.56. The van der Waals surface area contributed by atoms with Gasteiger partial charge in [0.1, 0.15) is 6.61 Å². The van der Waals surface area contributed by atoms with E-state index >= 15 is 0 Å². The molecule has 3 rings (SSSR count). The van der Waals surface area contributed by atoms with Gasteiger partial charge < -0.3 is 14.4 Å². The highest BCUT2D eigenvalue weighted by Gasteiger charge is 2.25. The first-order valence-corrected chi connectivity index (χ1v) is 8.96. The lowest BCUT2D eigenvalue weighted by Gasteiger charge is -2.32. The van der Waals surface area contributed by atoms with Crippen LogP contribution >= 0.6 is 0 Å². The Kier molecular flexibility index (Phi) is 6.00. The molecular weight excluding hydrogens is 332 g/mol. The predicted octanol–water partition coefficient (Wildman–Crippen LogP) is 1.81. The fraction of sp³-hybridized carbons (Fsp3) is 0.526. The number of carbonyl (C=O) groups excluding carboxylic acids is 1. The maximum Gasteiger partial charge on any atom is 0.248 e. The number of benzene rings is 1. The van der Waals surface area contributed by atoms with Gasteiger partial charge in [-0.1, -0.05) is 31.2 Å². The van der Waals surface area contributed by atoms with Crippen LogP contribution in [0.4, 0.5) is 0 Å². The maximum atomic E-state index is 12.0. The van der Waals surface area contributed by atoms with Crippen molar-refractivity contribution in [1.82, 2.24) is 19.9 Å². The fourth-order valence-electron chi connectivity index (χ4n) is 3.05. The molecule has 1 aliphatic heterocycles. The van der Waals surface area contributed by atoms with E-state index in [1.54, 1.807) is 9.58 Å². The number of methoxy groups -OCH3 is 1. The molecule has 0 spiro atoms. The number of morpholine rings is 1. The van der Waals surface area contributed by atoms with Crippen molar-refractivity contribution < 1.29 is 14.3 Å². The van der Waals surface area contributed by atoms with Crippen LogP contribution < -0.4 is 0 Å². The van der Waals surface area contributed by atoms with Gasteiger partial charge in [-0.05, 0) is 23.6 Å². The molecule has 0 bridgehead atoms. The summed E-state index contributed by atoms with van der Waals surface area (Å²) in [6, 6.07) is 8.34. The van der Waals surface area contributed by atoms with Gasteiger partial charge in [-0.2, -0.15) is 0 Å². The van der Waals surface area contributed by atoms with Crippen LogP contribution in [0.3, 0.4) is 0 Å². The molecule has 1 aromatic carbocycles. The molecule has 7 nitrogen and oxygen atoms in total. The SMILES string of the molecule is COCC(=O)N1CCOC(Cc2cn(-c3ccc(C(C)C)cc3)nn2)C1. The summed E-state index contributed by atoms with van der Waals surface area (Å²) in [6.07, 6.45) is 2.47. The molecule has 140 valence electrons. The normalized spacial score (nSPS) is 17.7. The van der Waals surface area contributed by atoms with Crippen molar-refractivity contribution in [2.75, 3.05) is 33.4 Å². The first kappa shape index (κ1) is 18.5. The second-order valence-electron chi connectivity index (χ2n) is 6.87. The Hall–Kier alpha value is -2.25. The van der Waals surface area contributed by atoms with Crippen LogP contribution in [0.5, 0.6) is 0 Å². The van der Waals surface area contributed by atoms with Crippen LogP contribution in [0.1, 0.15) is 31.0 Å². The third kappa shape index (κ3) is 4.47. The van der Waals surface area contributed by atoms with Crippen LogP contribution in [0.2, 0.25) is 0 Å². The van der Waals surface area contributed by atoms with Crippen molar-refractivity contribution in [3.8, 4) is 5.69 Å². The summed E-state index contributed by atoms with van der Waals surface area (Å²) in [5.41, 5.74) is 3.13. The minimum atomic E-state index is -0.0713. The van der Waals surface area contributed by atoms with Crippen molar-refractivity contribution in [1.29, 1.82) is 0 Å². The Labute approximate surface area is 153 Å². The minimum Gasteiger partial charge on any atom is -0.375 e. The van der Waals surface area contributed by atoms with Gasteiger partial charge in [-0.15, -0.1) is 5.10 Å². The molecule has 1 aliphatic rings. The fourth-order valence-corrected chi connectivity index (χ4v) is 3.05. The predicted molar refractivity (Wildman–Crippen MR) is 97.3 cm³/mol. The second kappa shape index (κ2) is 8.42. The van der Waals surface area contributed by atoms with E-state index < -0.39 is 0 Å². The van der Waals surface area contributed by atoms with Crippen LogP contribution in [-0.2, 0) is 20.7 Å². The Bertz CT molecular complexity index is 727. The number of carbonyl (C=O) groups is 1. The highest BCUT2D eigenvalue weighted by atomic mass is 16.5. The Morgan fingerprint density at radius 1 is 1.35 bits per heavy atom. The molecule has 2 aromatic rings. The van der Waals surface area contributed by atoms with E-state index in [4.69, 9.17) is 9.47 Å². The zero-order valence-corrected chi connectivity index (χ0v) is 15.6. The summed E-state index contributed by atoms with van der Waals surface area (Å²) in [5, 5.41) is 8.48. The van der Waals surface area contributed by atoms with Crippen LogP contribution in [0, 0.1) is 0 Å². The number of nitrogens with zero attached hydrogens (tertiary/aromatic N) is 4. The lowest BCUT2D eigenvalue weighted by molar-refractivity contribution is -0.142. The molecular formula is C19H26N4O3. The minimum absolute atomic E-state index is 0.00491. The van der Waals surface area contributed by atoms with Crippen molar-refractivity contribution in [2.45, 2.75) is 32.3 Å². The van der Waals surface area contributed by atoms with E-state index in [0.717, 1.165) is 11.4 Å².